The first-order chi connectivity index (χ1) is 6.19. The van der Waals surface area contributed by atoms with Crippen LogP contribution in [0.25, 0.3) is 0 Å². The molecule has 1 aromatic rings. The number of methoxy groups -OCH3 is 2. The summed E-state index contributed by atoms with van der Waals surface area (Å²) in [6, 6.07) is 4.42. The number of ether oxygens (including phenoxy) is 2. The summed E-state index contributed by atoms with van der Waals surface area (Å²) in [6.07, 6.45) is 0. The first-order valence-corrected chi connectivity index (χ1v) is 3.55. The van der Waals surface area contributed by atoms with Crippen molar-refractivity contribution in [3.63, 3.8) is 0 Å². The Morgan fingerprint density at radius 3 is 2.46 bits per heavy atom. The SMILES string of the molecule is COc1ccc(OC)c([N+](=O)[O-])c1. The highest BCUT2D eigenvalue weighted by atomic mass is 16.6. The van der Waals surface area contributed by atoms with Gasteiger partial charge in [0.05, 0.1) is 25.2 Å². The molecule has 0 saturated heterocycles. The van der Waals surface area contributed by atoms with Crippen molar-refractivity contribution in [3.8, 4) is 11.5 Å². The van der Waals surface area contributed by atoms with Crippen LogP contribution in [0.15, 0.2) is 18.2 Å². The van der Waals surface area contributed by atoms with E-state index >= 15 is 0 Å². The van der Waals surface area contributed by atoms with E-state index in [1.54, 1.807) is 6.07 Å². The Morgan fingerprint density at radius 1 is 1.31 bits per heavy atom. The number of rotatable bonds is 3. The molecule has 0 unspecified atom stereocenters. The Morgan fingerprint density at radius 2 is 2.00 bits per heavy atom. The molecule has 0 saturated carbocycles. The zero-order valence-electron chi connectivity index (χ0n) is 7.31. The third-order valence-corrected chi connectivity index (χ3v) is 1.58. The van der Waals surface area contributed by atoms with Gasteiger partial charge < -0.3 is 9.47 Å². The molecule has 0 N–H and O–H groups in total. The first-order valence-electron chi connectivity index (χ1n) is 3.55. The van der Waals surface area contributed by atoms with Gasteiger partial charge in [0.2, 0.25) is 0 Å². The van der Waals surface area contributed by atoms with E-state index in [0.717, 1.165) is 0 Å². The molecule has 0 radical (unpaired) electrons. The van der Waals surface area contributed by atoms with Crippen LogP contribution in [0.4, 0.5) is 5.69 Å². The summed E-state index contributed by atoms with van der Waals surface area (Å²) in [6.45, 7) is 0. The number of benzene rings is 1. The summed E-state index contributed by atoms with van der Waals surface area (Å²) in [7, 11) is 2.83. The molecule has 70 valence electrons. The highest BCUT2D eigenvalue weighted by molar-refractivity contribution is 5.50. The summed E-state index contributed by atoms with van der Waals surface area (Å²) < 4.78 is 9.65. The molecule has 0 atom stereocenters. The van der Waals surface area contributed by atoms with Crippen LogP contribution in [0.1, 0.15) is 0 Å². The van der Waals surface area contributed by atoms with Gasteiger partial charge in [0.15, 0.2) is 5.75 Å². The van der Waals surface area contributed by atoms with Crippen LogP contribution in [0, 0.1) is 10.1 Å². The maximum absolute atomic E-state index is 10.5. The summed E-state index contributed by atoms with van der Waals surface area (Å²) in [5, 5.41) is 10.5. The fraction of sp³-hybridized carbons (Fsp3) is 0.250. The van der Waals surface area contributed by atoms with Crippen molar-refractivity contribution in [2.45, 2.75) is 0 Å². The summed E-state index contributed by atoms with van der Waals surface area (Å²) in [4.78, 5) is 10.0. The zero-order chi connectivity index (χ0) is 9.84. The van der Waals surface area contributed by atoms with Gasteiger partial charge in [0, 0.05) is 0 Å². The minimum Gasteiger partial charge on any atom is -0.496 e. The molecule has 0 aromatic heterocycles. The Labute approximate surface area is 75.0 Å². The fourth-order valence-corrected chi connectivity index (χ4v) is 0.939. The van der Waals surface area contributed by atoms with Gasteiger partial charge in [-0.2, -0.15) is 0 Å². The second-order valence-electron chi connectivity index (χ2n) is 2.29. The lowest BCUT2D eigenvalue weighted by Crippen LogP contribution is -1.94. The van der Waals surface area contributed by atoms with E-state index in [0.29, 0.717) is 5.75 Å². The van der Waals surface area contributed by atoms with Crippen LogP contribution >= 0.6 is 0 Å². The molecule has 0 aliphatic heterocycles. The second-order valence-corrected chi connectivity index (χ2v) is 2.29. The molecule has 0 bridgehead atoms. The van der Waals surface area contributed by atoms with Crippen LogP contribution in [0.2, 0.25) is 0 Å². The van der Waals surface area contributed by atoms with Gasteiger partial charge in [0.1, 0.15) is 5.75 Å². The number of hydrogen-bond donors (Lipinski definition) is 0. The van der Waals surface area contributed by atoms with Crippen LogP contribution in [-0.4, -0.2) is 19.1 Å². The molecule has 13 heavy (non-hydrogen) atoms. The van der Waals surface area contributed by atoms with E-state index in [2.05, 4.69) is 0 Å². The topological polar surface area (TPSA) is 61.6 Å². The molecule has 5 heteroatoms. The van der Waals surface area contributed by atoms with Gasteiger partial charge >= 0.3 is 5.69 Å². The third-order valence-electron chi connectivity index (χ3n) is 1.58. The summed E-state index contributed by atoms with van der Waals surface area (Å²) in [5.41, 5.74) is -0.0955. The average Bonchev–Trinajstić information content (AvgIpc) is 2.16. The largest absolute Gasteiger partial charge is 0.496 e. The minimum atomic E-state index is -0.513. The zero-order valence-corrected chi connectivity index (χ0v) is 7.31. The first kappa shape index (κ1) is 9.31. The van der Waals surface area contributed by atoms with E-state index < -0.39 is 4.92 Å². The maximum Gasteiger partial charge on any atom is 0.314 e. The Kier molecular flexibility index (Phi) is 2.69. The predicted octanol–water partition coefficient (Wildman–Crippen LogP) is 1.61. The van der Waals surface area contributed by atoms with Crippen LogP contribution in [0.5, 0.6) is 11.5 Å². The monoisotopic (exact) mass is 183 g/mol. The van der Waals surface area contributed by atoms with Crippen LogP contribution < -0.4 is 9.47 Å². The minimum absolute atomic E-state index is 0.0955. The van der Waals surface area contributed by atoms with Gasteiger partial charge in [-0.15, -0.1) is 0 Å². The number of hydrogen-bond acceptors (Lipinski definition) is 4. The van der Waals surface area contributed by atoms with Crippen molar-refractivity contribution in [1.29, 1.82) is 0 Å². The summed E-state index contributed by atoms with van der Waals surface area (Å²) in [5.74, 6) is 0.665. The van der Waals surface area contributed by atoms with Crippen molar-refractivity contribution >= 4 is 5.69 Å². The van der Waals surface area contributed by atoms with Crippen molar-refractivity contribution < 1.29 is 14.4 Å². The lowest BCUT2D eigenvalue weighted by atomic mass is 10.3. The molecule has 1 aromatic carbocycles. The predicted molar refractivity (Wildman–Crippen MR) is 46.2 cm³/mol. The number of nitrogens with zero attached hydrogens (tertiary/aromatic N) is 1. The molecule has 0 spiro atoms. The Hall–Kier alpha value is -1.78. The lowest BCUT2D eigenvalue weighted by Gasteiger charge is -2.03. The van der Waals surface area contributed by atoms with E-state index in [4.69, 9.17) is 9.47 Å². The van der Waals surface area contributed by atoms with Gasteiger partial charge in [-0.1, -0.05) is 0 Å². The number of nitro groups is 1. The van der Waals surface area contributed by atoms with E-state index in [1.807, 2.05) is 0 Å². The summed E-state index contributed by atoms with van der Waals surface area (Å²) >= 11 is 0. The molecule has 1 rings (SSSR count). The lowest BCUT2D eigenvalue weighted by molar-refractivity contribution is -0.385. The van der Waals surface area contributed by atoms with Gasteiger partial charge in [-0.25, -0.2) is 0 Å². The fourth-order valence-electron chi connectivity index (χ4n) is 0.939. The highest BCUT2D eigenvalue weighted by Crippen LogP contribution is 2.30. The molecule has 0 heterocycles. The number of nitro benzene ring substituents is 1. The molecule has 0 fully saturated rings. The van der Waals surface area contributed by atoms with Gasteiger partial charge in [-0.05, 0) is 12.1 Å². The van der Waals surface area contributed by atoms with Crippen LogP contribution in [-0.2, 0) is 0 Å². The smallest absolute Gasteiger partial charge is 0.314 e. The quantitative estimate of drug-likeness (QED) is 0.527. The Bertz CT molecular complexity index is 324. The van der Waals surface area contributed by atoms with Gasteiger partial charge in [0.25, 0.3) is 0 Å². The molecule has 0 aliphatic carbocycles. The standard InChI is InChI=1S/C8H9NO4/c1-12-6-3-4-8(13-2)7(5-6)9(10)11/h3-5H,1-2H3. The van der Waals surface area contributed by atoms with E-state index in [1.165, 1.54) is 26.4 Å². The normalized spacial score (nSPS) is 9.38. The van der Waals surface area contributed by atoms with Crippen molar-refractivity contribution in [2.75, 3.05) is 14.2 Å². The maximum atomic E-state index is 10.5. The molecule has 0 amide bonds. The van der Waals surface area contributed by atoms with E-state index in [9.17, 15) is 10.1 Å². The average molecular weight is 183 g/mol. The van der Waals surface area contributed by atoms with Crippen molar-refractivity contribution in [3.05, 3.63) is 28.3 Å². The Balaban J connectivity index is 3.18. The third kappa shape index (κ3) is 1.87. The van der Waals surface area contributed by atoms with E-state index in [-0.39, 0.29) is 11.4 Å². The molecular formula is C8H9NO4. The molecule has 5 nitrogen and oxygen atoms in total. The van der Waals surface area contributed by atoms with Crippen molar-refractivity contribution in [1.82, 2.24) is 0 Å². The molecular weight excluding hydrogens is 174 g/mol. The van der Waals surface area contributed by atoms with Crippen LogP contribution in [0.3, 0.4) is 0 Å². The van der Waals surface area contributed by atoms with Gasteiger partial charge in [-0.3, -0.25) is 10.1 Å². The van der Waals surface area contributed by atoms with Crippen molar-refractivity contribution in [2.24, 2.45) is 0 Å². The highest BCUT2D eigenvalue weighted by Gasteiger charge is 2.14. The second kappa shape index (κ2) is 3.75. The molecule has 0 aliphatic rings.